The average Bonchev–Trinajstić information content (AvgIpc) is 1.78. The molecule has 0 aromatic heterocycles. The van der Waals surface area contributed by atoms with Gasteiger partial charge in [0, 0.05) is 83.7 Å². The molecule has 0 saturated heterocycles. The summed E-state index contributed by atoms with van der Waals surface area (Å²) in [6.45, 7) is 2.39. The van der Waals surface area contributed by atoms with Gasteiger partial charge in [-0.2, -0.15) is 0 Å². The van der Waals surface area contributed by atoms with Crippen molar-refractivity contribution in [1.29, 1.82) is 0 Å². The Morgan fingerprint density at radius 2 is 0.714 bits per heavy atom. The van der Waals surface area contributed by atoms with Crippen LogP contribution in [0.2, 0.25) is 0 Å². The Morgan fingerprint density at radius 3 is 0.714 bits per heavy atom. The molecular formula is C11H24N4O4Y2-8. The minimum Gasteiger partial charge on any atom is -0.668 e. The van der Waals surface area contributed by atoms with Crippen molar-refractivity contribution >= 4 is 23.6 Å². The van der Waals surface area contributed by atoms with Gasteiger partial charge in [-0.1, -0.05) is 0 Å². The first-order valence-corrected chi connectivity index (χ1v) is 3.52. The molecule has 4 N–H and O–H groups in total. The van der Waals surface area contributed by atoms with Gasteiger partial charge in [-0.3, -0.25) is 0 Å². The maximum Gasteiger partial charge on any atom is 0.0546 e. The van der Waals surface area contributed by atoms with Gasteiger partial charge in [0.15, 0.2) is 0 Å². The SMILES string of the molecule is CC([NH-])=O.CC([NH-])=O.[CH3-].[CH3-].[CH3-].[CH3-].[NH-]C(=O)CC([NH-])=O.[Y].[Y]. The van der Waals surface area contributed by atoms with E-state index in [-0.39, 0.29) is 95.1 Å². The van der Waals surface area contributed by atoms with Gasteiger partial charge in [0.2, 0.25) is 0 Å². The van der Waals surface area contributed by atoms with Gasteiger partial charge in [0.25, 0.3) is 0 Å². The summed E-state index contributed by atoms with van der Waals surface area (Å²) in [4.78, 5) is 37.4. The van der Waals surface area contributed by atoms with E-state index in [1.807, 2.05) is 0 Å². The minimum atomic E-state index is -1.00. The van der Waals surface area contributed by atoms with E-state index < -0.39 is 30.0 Å². The Morgan fingerprint density at radius 1 is 0.619 bits per heavy atom. The van der Waals surface area contributed by atoms with E-state index in [4.69, 9.17) is 32.5 Å². The standard InChI is InChI=1S/C3H6N2O2.2C2H5NO.4CH3.2Y/c4-2(6)1-3(5)7;2*1-2(3)4;;;;;;/h1H2,(H4,4,5,6,7);2*1H3,(H2,3,4);4*1H3;;/q;;;4*-1;;/p-4. The smallest absolute Gasteiger partial charge is 0.0546 e. The minimum absolute atomic E-state index is 0. The molecule has 0 bridgehead atoms. The van der Waals surface area contributed by atoms with E-state index in [0.29, 0.717) is 0 Å². The molecule has 0 saturated carbocycles. The van der Waals surface area contributed by atoms with Crippen LogP contribution in [0.3, 0.4) is 0 Å². The van der Waals surface area contributed by atoms with Crippen molar-refractivity contribution in [3.63, 3.8) is 0 Å². The number of carbonyl (C=O) groups excluding carboxylic acids is 4. The molecule has 0 aromatic carbocycles. The van der Waals surface area contributed by atoms with Crippen molar-refractivity contribution in [1.82, 2.24) is 0 Å². The molecule has 0 heterocycles. The zero-order valence-corrected chi connectivity index (χ0v) is 19.2. The Hall–Kier alpha value is 0.0878. The van der Waals surface area contributed by atoms with Gasteiger partial charge in [-0.25, -0.2) is 0 Å². The predicted molar refractivity (Wildman–Crippen MR) is 78.9 cm³/mol. The fourth-order valence-electron chi connectivity index (χ4n) is 0.146. The van der Waals surface area contributed by atoms with E-state index in [2.05, 4.69) is 0 Å². The van der Waals surface area contributed by atoms with Gasteiger partial charge in [-0.15, -0.1) is 0 Å². The molecule has 0 aliphatic heterocycles. The maximum atomic E-state index is 9.58. The van der Waals surface area contributed by atoms with Crippen LogP contribution in [-0.2, 0) is 84.6 Å². The molecule has 0 aromatic rings. The second-order valence-electron chi connectivity index (χ2n) is 2.14. The van der Waals surface area contributed by atoms with Crippen molar-refractivity contribution in [2.24, 2.45) is 0 Å². The third-order valence-corrected chi connectivity index (χ3v) is 0.321. The Kier molecular flexibility index (Phi) is 118. The third-order valence-electron chi connectivity index (χ3n) is 0.321. The molecule has 0 rings (SSSR count). The number of nitrogens with one attached hydrogen (secondary N) is 4. The van der Waals surface area contributed by atoms with Gasteiger partial charge in [0.05, 0.1) is 11.8 Å². The second-order valence-corrected chi connectivity index (χ2v) is 2.14. The average molecular weight is 454 g/mol. The van der Waals surface area contributed by atoms with Gasteiger partial charge in [-0.05, 0) is 13.8 Å². The largest absolute Gasteiger partial charge is 0.668 e. The summed E-state index contributed by atoms with van der Waals surface area (Å²) < 4.78 is 0. The van der Waals surface area contributed by atoms with Gasteiger partial charge < -0.3 is 71.8 Å². The van der Waals surface area contributed by atoms with Gasteiger partial charge in [0.1, 0.15) is 0 Å². The molecule has 0 spiro atoms. The van der Waals surface area contributed by atoms with Crippen LogP contribution in [0.25, 0.3) is 22.9 Å². The van der Waals surface area contributed by atoms with E-state index in [1.165, 1.54) is 13.8 Å². The van der Waals surface area contributed by atoms with E-state index >= 15 is 0 Å². The first kappa shape index (κ1) is 58.2. The summed E-state index contributed by atoms with van der Waals surface area (Å²) in [5, 5.41) is 0. The first-order valence-electron chi connectivity index (χ1n) is 3.52. The Bertz CT molecular complexity index is 220. The Labute approximate surface area is 179 Å². The van der Waals surface area contributed by atoms with Crippen LogP contribution in [-0.4, -0.2) is 23.6 Å². The topological polar surface area (TPSA) is 163 Å². The number of hydrogen-bond acceptors (Lipinski definition) is 4. The van der Waals surface area contributed by atoms with Crippen molar-refractivity contribution in [2.75, 3.05) is 0 Å². The van der Waals surface area contributed by atoms with Crippen LogP contribution < -0.4 is 0 Å². The van der Waals surface area contributed by atoms with Crippen LogP contribution in [0.5, 0.6) is 0 Å². The van der Waals surface area contributed by atoms with Crippen LogP contribution >= 0.6 is 0 Å². The third kappa shape index (κ3) is 393. The van der Waals surface area contributed by atoms with Crippen LogP contribution in [0.1, 0.15) is 20.3 Å². The fourth-order valence-corrected chi connectivity index (χ4v) is 0.146. The quantitative estimate of drug-likeness (QED) is 0.461. The number of hydrogen-bond donors (Lipinski definition) is 0. The zero-order chi connectivity index (χ0) is 13.0. The predicted octanol–water partition coefficient (Wildman–Crippen LogP) is 3.50. The molecule has 126 valence electrons. The van der Waals surface area contributed by atoms with Crippen molar-refractivity contribution in [3.05, 3.63) is 52.6 Å². The van der Waals surface area contributed by atoms with Crippen LogP contribution in [0.4, 0.5) is 0 Å². The summed E-state index contributed by atoms with van der Waals surface area (Å²) in [5.41, 5.74) is 24.1. The molecule has 21 heavy (non-hydrogen) atoms. The zero-order valence-electron chi connectivity index (χ0n) is 13.5. The molecule has 0 atom stereocenters. The molecule has 8 nitrogen and oxygen atoms in total. The normalized spacial score (nSPS) is 5.05. The molecule has 0 fully saturated rings. The van der Waals surface area contributed by atoms with E-state index in [0.717, 1.165) is 0 Å². The monoisotopic (exact) mass is 454 g/mol. The van der Waals surface area contributed by atoms with Crippen molar-refractivity contribution in [2.45, 2.75) is 20.3 Å². The number of amides is 4. The second kappa shape index (κ2) is 42.7. The fraction of sp³-hybridized carbons (Fsp3) is 0.273. The maximum absolute atomic E-state index is 9.58. The summed E-state index contributed by atoms with van der Waals surface area (Å²) in [6.07, 6.45) is -0.583. The molecular weight excluding hydrogens is 430 g/mol. The summed E-state index contributed by atoms with van der Waals surface area (Å²) in [7, 11) is 0. The van der Waals surface area contributed by atoms with Crippen LogP contribution in [0.15, 0.2) is 0 Å². The molecule has 0 aliphatic carbocycles. The van der Waals surface area contributed by atoms with Crippen molar-refractivity contribution in [3.8, 4) is 0 Å². The van der Waals surface area contributed by atoms with Gasteiger partial charge >= 0.3 is 0 Å². The summed E-state index contributed by atoms with van der Waals surface area (Å²) in [5.74, 6) is -3.17. The van der Waals surface area contributed by atoms with Crippen LogP contribution in [0, 0.1) is 29.7 Å². The summed E-state index contributed by atoms with van der Waals surface area (Å²) >= 11 is 0. The molecule has 0 unspecified atom stereocenters. The molecule has 2 radical (unpaired) electrons. The molecule has 10 heteroatoms. The van der Waals surface area contributed by atoms with Crippen molar-refractivity contribution < 1.29 is 84.6 Å². The van der Waals surface area contributed by atoms with E-state index in [1.54, 1.807) is 0 Å². The summed E-state index contributed by atoms with van der Waals surface area (Å²) in [6, 6.07) is 0. The number of rotatable bonds is 2. The molecule has 4 amide bonds. The Balaban J connectivity index is -0.0000000134. The first-order chi connectivity index (χ1) is 6.59. The number of carbonyl (C=O) groups is 4. The van der Waals surface area contributed by atoms with E-state index in [9.17, 15) is 9.59 Å². The molecule has 0 aliphatic rings.